The molecule has 4 heteroatoms. The van der Waals surface area contributed by atoms with Gasteiger partial charge < -0.3 is 5.32 Å². The summed E-state index contributed by atoms with van der Waals surface area (Å²) in [6, 6.07) is 7.28. The van der Waals surface area contributed by atoms with E-state index in [-0.39, 0.29) is 11.8 Å². The van der Waals surface area contributed by atoms with Crippen molar-refractivity contribution in [1.29, 1.82) is 0 Å². The zero-order chi connectivity index (χ0) is 13.6. The van der Waals surface area contributed by atoms with E-state index in [1.165, 1.54) is 0 Å². The van der Waals surface area contributed by atoms with Gasteiger partial charge in [-0.2, -0.15) is 0 Å². The van der Waals surface area contributed by atoms with E-state index in [0.29, 0.717) is 10.6 Å². The van der Waals surface area contributed by atoms with Crippen molar-refractivity contribution in [2.24, 2.45) is 0 Å². The third-order valence-electron chi connectivity index (χ3n) is 2.81. The van der Waals surface area contributed by atoms with E-state index in [1.807, 2.05) is 25.1 Å². The Morgan fingerprint density at radius 1 is 1.39 bits per heavy atom. The van der Waals surface area contributed by atoms with Crippen molar-refractivity contribution in [2.45, 2.75) is 37.6 Å². The molecule has 0 spiro atoms. The SMILES string of the molecule is C=CCCC(C)Nc1ccccc1S(=O)(=O)CC. The van der Waals surface area contributed by atoms with Gasteiger partial charge >= 0.3 is 0 Å². The molecule has 0 saturated carbocycles. The lowest BCUT2D eigenvalue weighted by molar-refractivity contribution is 0.597. The normalized spacial score (nSPS) is 13.0. The fourth-order valence-electron chi connectivity index (χ4n) is 1.72. The molecule has 1 unspecified atom stereocenters. The van der Waals surface area contributed by atoms with Gasteiger partial charge in [-0.15, -0.1) is 6.58 Å². The average Bonchev–Trinajstić information content (AvgIpc) is 2.37. The lowest BCUT2D eigenvalue weighted by Gasteiger charge is -2.17. The Hall–Kier alpha value is -1.29. The Labute approximate surface area is 110 Å². The van der Waals surface area contributed by atoms with Crippen LogP contribution < -0.4 is 5.32 Å². The predicted molar refractivity (Wildman–Crippen MR) is 76.7 cm³/mol. The summed E-state index contributed by atoms with van der Waals surface area (Å²) in [7, 11) is -3.18. The van der Waals surface area contributed by atoms with Crippen LogP contribution in [0.5, 0.6) is 0 Å². The number of hydrogen-bond donors (Lipinski definition) is 1. The predicted octanol–water partition coefficient (Wildman–Crippen LogP) is 3.25. The molecule has 0 aliphatic heterocycles. The quantitative estimate of drug-likeness (QED) is 0.771. The fraction of sp³-hybridized carbons (Fsp3) is 0.429. The van der Waals surface area contributed by atoms with Crippen LogP contribution in [0.4, 0.5) is 5.69 Å². The van der Waals surface area contributed by atoms with E-state index in [2.05, 4.69) is 11.9 Å². The van der Waals surface area contributed by atoms with Gasteiger partial charge in [0.25, 0.3) is 0 Å². The molecule has 3 nitrogen and oxygen atoms in total. The molecular weight excluding hydrogens is 246 g/mol. The van der Waals surface area contributed by atoms with Gasteiger partial charge in [-0.05, 0) is 31.9 Å². The van der Waals surface area contributed by atoms with Gasteiger partial charge in [0.15, 0.2) is 9.84 Å². The standard InChI is InChI=1S/C14H21NO2S/c1-4-6-9-12(3)15-13-10-7-8-11-14(13)18(16,17)5-2/h4,7-8,10-12,15H,1,5-6,9H2,2-3H3. The van der Waals surface area contributed by atoms with Crippen LogP contribution in [0.25, 0.3) is 0 Å². The van der Waals surface area contributed by atoms with Crippen LogP contribution in [-0.2, 0) is 9.84 Å². The van der Waals surface area contributed by atoms with Crippen molar-refractivity contribution >= 4 is 15.5 Å². The zero-order valence-corrected chi connectivity index (χ0v) is 11.8. The topological polar surface area (TPSA) is 46.2 Å². The maximum absolute atomic E-state index is 12.0. The molecule has 1 rings (SSSR count). The molecular formula is C14H21NO2S. The molecule has 0 fully saturated rings. The molecule has 0 aliphatic rings. The first-order chi connectivity index (χ1) is 8.51. The van der Waals surface area contributed by atoms with E-state index < -0.39 is 9.84 Å². The highest BCUT2D eigenvalue weighted by atomic mass is 32.2. The van der Waals surface area contributed by atoms with Crippen molar-refractivity contribution in [3.63, 3.8) is 0 Å². The van der Waals surface area contributed by atoms with E-state index in [1.54, 1.807) is 19.1 Å². The summed E-state index contributed by atoms with van der Waals surface area (Å²) < 4.78 is 23.9. The van der Waals surface area contributed by atoms with Crippen molar-refractivity contribution < 1.29 is 8.42 Å². The minimum absolute atomic E-state index is 0.118. The van der Waals surface area contributed by atoms with Crippen LogP contribution in [-0.4, -0.2) is 20.2 Å². The van der Waals surface area contributed by atoms with Crippen LogP contribution in [0, 0.1) is 0 Å². The first-order valence-corrected chi connectivity index (χ1v) is 7.85. The van der Waals surface area contributed by atoms with Crippen molar-refractivity contribution in [3.05, 3.63) is 36.9 Å². The molecule has 1 atom stereocenters. The first kappa shape index (κ1) is 14.8. The Balaban J connectivity index is 2.93. The molecule has 0 amide bonds. The lowest BCUT2D eigenvalue weighted by atomic mass is 10.1. The Kier molecular flexibility index (Phi) is 5.41. The molecule has 1 aromatic carbocycles. The summed E-state index contributed by atoms with van der Waals surface area (Å²) in [6.07, 6.45) is 3.72. The molecule has 0 bridgehead atoms. The number of anilines is 1. The van der Waals surface area contributed by atoms with Crippen molar-refractivity contribution in [1.82, 2.24) is 0 Å². The van der Waals surface area contributed by atoms with E-state index >= 15 is 0 Å². The second-order valence-electron chi connectivity index (χ2n) is 4.31. The highest BCUT2D eigenvalue weighted by molar-refractivity contribution is 7.91. The molecule has 18 heavy (non-hydrogen) atoms. The van der Waals surface area contributed by atoms with Crippen molar-refractivity contribution in [2.75, 3.05) is 11.1 Å². The minimum Gasteiger partial charge on any atom is -0.382 e. The summed E-state index contributed by atoms with van der Waals surface area (Å²) in [5, 5.41) is 3.26. The molecule has 0 heterocycles. The third kappa shape index (κ3) is 3.88. The second kappa shape index (κ2) is 6.59. The van der Waals surface area contributed by atoms with Crippen LogP contribution in [0.2, 0.25) is 0 Å². The van der Waals surface area contributed by atoms with Crippen LogP contribution >= 0.6 is 0 Å². The van der Waals surface area contributed by atoms with Crippen LogP contribution in [0.3, 0.4) is 0 Å². The summed E-state index contributed by atoms with van der Waals surface area (Å²) in [5.41, 5.74) is 0.691. The van der Waals surface area contributed by atoms with E-state index in [4.69, 9.17) is 0 Å². The van der Waals surface area contributed by atoms with Crippen molar-refractivity contribution in [3.8, 4) is 0 Å². The number of sulfone groups is 1. The van der Waals surface area contributed by atoms with Crippen LogP contribution in [0.1, 0.15) is 26.7 Å². The molecule has 100 valence electrons. The average molecular weight is 267 g/mol. The maximum Gasteiger partial charge on any atom is 0.180 e. The molecule has 0 saturated heterocycles. The largest absolute Gasteiger partial charge is 0.382 e. The third-order valence-corrected chi connectivity index (χ3v) is 4.59. The maximum atomic E-state index is 12.0. The summed E-state index contributed by atoms with van der Waals surface area (Å²) in [4.78, 5) is 0.387. The Bertz CT molecular complexity index is 494. The minimum atomic E-state index is -3.18. The van der Waals surface area contributed by atoms with E-state index in [9.17, 15) is 8.42 Å². The lowest BCUT2D eigenvalue weighted by Crippen LogP contribution is -2.17. The molecule has 0 radical (unpaired) electrons. The summed E-state index contributed by atoms with van der Waals surface area (Å²) >= 11 is 0. The number of hydrogen-bond acceptors (Lipinski definition) is 3. The Morgan fingerprint density at radius 2 is 2.06 bits per heavy atom. The zero-order valence-electron chi connectivity index (χ0n) is 11.0. The molecule has 1 N–H and O–H groups in total. The van der Waals surface area contributed by atoms with Gasteiger partial charge in [0.2, 0.25) is 0 Å². The smallest absolute Gasteiger partial charge is 0.180 e. The molecule has 0 aromatic heterocycles. The monoisotopic (exact) mass is 267 g/mol. The fourth-order valence-corrected chi connectivity index (χ4v) is 2.78. The Morgan fingerprint density at radius 3 is 2.67 bits per heavy atom. The first-order valence-electron chi connectivity index (χ1n) is 6.20. The van der Waals surface area contributed by atoms with Gasteiger partial charge in [0.05, 0.1) is 16.3 Å². The summed E-state index contributed by atoms with van der Waals surface area (Å²) in [6.45, 7) is 7.39. The number of allylic oxidation sites excluding steroid dienone is 1. The van der Waals surface area contributed by atoms with Crippen LogP contribution in [0.15, 0.2) is 41.8 Å². The van der Waals surface area contributed by atoms with Gasteiger partial charge in [-0.25, -0.2) is 8.42 Å². The number of rotatable bonds is 7. The number of nitrogens with one attached hydrogen (secondary N) is 1. The molecule has 1 aromatic rings. The summed E-state index contributed by atoms with van der Waals surface area (Å²) in [5.74, 6) is 0.118. The van der Waals surface area contributed by atoms with Gasteiger partial charge in [-0.3, -0.25) is 0 Å². The number of benzene rings is 1. The highest BCUT2D eigenvalue weighted by Crippen LogP contribution is 2.23. The highest BCUT2D eigenvalue weighted by Gasteiger charge is 2.16. The van der Waals surface area contributed by atoms with E-state index in [0.717, 1.165) is 12.8 Å². The second-order valence-corrected chi connectivity index (χ2v) is 6.56. The molecule has 0 aliphatic carbocycles. The van der Waals surface area contributed by atoms with Gasteiger partial charge in [0.1, 0.15) is 0 Å². The van der Waals surface area contributed by atoms with Gasteiger partial charge in [0, 0.05) is 6.04 Å². The van der Waals surface area contributed by atoms with Gasteiger partial charge in [-0.1, -0.05) is 25.1 Å². The number of para-hydroxylation sites is 1.